The van der Waals surface area contributed by atoms with E-state index in [9.17, 15) is 5.11 Å². The molecule has 1 fully saturated rings. The highest BCUT2D eigenvalue weighted by Gasteiger charge is 2.19. The molecule has 2 rings (SSSR count). The zero-order valence-corrected chi connectivity index (χ0v) is 14.3. The van der Waals surface area contributed by atoms with Crippen molar-refractivity contribution in [2.75, 3.05) is 20.2 Å². The highest BCUT2D eigenvalue weighted by molar-refractivity contribution is 5.32. The molecule has 3 heteroatoms. The third-order valence-corrected chi connectivity index (χ3v) is 4.58. The molecule has 0 heterocycles. The van der Waals surface area contributed by atoms with Gasteiger partial charge in [0, 0.05) is 12.6 Å². The largest absolute Gasteiger partial charge is 0.491 e. The number of aliphatic hydroxyl groups excluding tert-OH is 1. The van der Waals surface area contributed by atoms with Gasteiger partial charge >= 0.3 is 0 Å². The van der Waals surface area contributed by atoms with E-state index in [1.807, 2.05) is 12.1 Å². The molecule has 0 bridgehead atoms. The molecular weight excluding hydrogens is 274 g/mol. The van der Waals surface area contributed by atoms with Crippen LogP contribution in [0.3, 0.4) is 0 Å². The number of ether oxygens (including phenoxy) is 1. The van der Waals surface area contributed by atoms with Crippen molar-refractivity contribution in [3.63, 3.8) is 0 Å². The molecule has 1 N–H and O–H groups in total. The van der Waals surface area contributed by atoms with Crippen LogP contribution in [0.25, 0.3) is 0 Å². The number of benzene rings is 1. The average Bonchev–Trinajstić information content (AvgIpc) is 2.73. The third-order valence-electron chi connectivity index (χ3n) is 4.58. The van der Waals surface area contributed by atoms with Crippen LogP contribution in [0.5, 0.6) is 5.75 Å². The fourth-order valence-corrected chi connectivity index (χ4v) is 3.44. The minimum Gasteiger partial charge on any atom is -0.491 e. The highest BCUT2D eigenvalue weighted by atomic mass is 16.5. The van der Waals surface area contributed by atoms with Crippen molar-refractivity contribution in [1.82, 2.24) is 4.90 Å². The Morgan fingerprint density at radius 2 is 1.68 bits per heavy atom. The first kappa shape index (κ1) is 17.3. The monoisotopic (exact) mass is 305 g/mol. The second kappa shape index (κ2) is 8.54. The van der Waals surface area contributed by atoms with Gasteiger partial charge in [-0.3, -0.25) is 0 Å². The van der Waals surface area contributed by atoms with Gasteiger partial charge in [-0.05, 0) is 57.0 Å². The van der Waals surface area contributed by atoms with Crippen LogP contribution >= 0.6 is 0 Å². The number of aliphatic hydroxyl groups is 1. The van der Waals surface area contributed by atoms with Crippen molar-refractivity contribution in [3.8, 4) is 5.75 Å². The van der Waals surface area contributed by atoms with Gasteiger partial charge < -0.3 is 14.7 Å². The molecule has 124 valence electrons. The van der Waals surface area contributed by atoms with Crippen LogP contribution in [-0.2, 0) is 0 Å². The Bertz CT molecular complexity index is 432. The molecule has 3 nitrogen and oxygen atoms in total. The van der Waals surface area contributed by atoms with Crippen molar-refractivity contribution < 1.29 is 9.84 Å². The fraction of sp³-hybridized carbons (Fsp3) is 0.684. The molecule has 1 unspecified atom stereocenters. The van der Waals surface area contributed by atoms with Gasteiger partial charge in [0.1, 0.15) is 18.5 Å². The second-order valence-corrected chi connectivity index (χ2v) is 6.87. The molecule has 0 aliphatic heterocycles. The number of aryl methyl sites for hydroxylation is 2. The van der Waals surface area contributed by atoms with Crippen molar-refractivity contribution in [2.45, 2.75) is 64.5 Å². The Labute approximate surface area is 135 Å². The Hall–Kier alpha value is -1.06. The molecule has 0 radical (unpaired) electrons. The maximum absolute atomic E-state index is 10.3. The number of likely N-dealkylation sites (N-methyl/N-ethyl adjacent to an activating group) is 1. The van der Waals surface area contributed by atoms with Crippen molar-refractivity contribution in [2.24, 2.45) is 0 Å². The smallest absolute Gasteiger partial charge is 0.119 e. The molecule has 0 saturated heterocycles. The van der Waals surface area contributed by atoms with Gasteiger partial charge in [0.2, 0.25) is 0 Å². The topological polar surface area (TPSA) is 32.7 Å². The average molecular weight is 305 g/mol. The lowest BCUT2D eigenvalue weighted by atomic mass is 10.1. The van der Waals surface area contributed by atoms with Crippen molar-refractivity contribution in [3.05, 3.63) is 29.3 Å². The summed E-state index contributed by atoms with van der Waals surface area (Å²) in [6.07, 6.45) is 7.47. The standard InChI is InChI=1S/C19H31NO2/c1-15-10-16(2)12-19(11-15)22-14-18(21)13-20(3)17-8-6-4-5-7-9-17/h10-12,17-18,21H,4-9,13-14H2,1-3H3. The van der Waals surface area contributed by atoms with E-state index < -0.39 is 6.10 Å². The summed E-state index contributed by atoms with van der Waals surface area (Å²) in [6, 6.07) is 6.80. The van der Waals surface area contributed by atoms with Gasteiger partial charge in [-0.2, -0.15) is 0 Å². The third kappa shape index (κ3) is 5.62. The minimum absolute atomic E-state index is 0.361. The predicted molar refractivity (Wildman–Crippen MR) is 91.5 cm³/mol. The van der Waals surface area contributed by atoms with Gasteiger partial charge in [-0.25, -0.2) is 0 Å². The van der Waals surface area contributed by atoms with E-state index in [4.69, 9.17) is 4.74 Å². The quantitative estimate of drug-likeness (QED) is 0.814. The summed E-state index contributed by atoms with van der Waals surface area (Å²) >= 11 is 0. The SMILES string of the molecule is Cc1cc(C)cc(OCC(O)CN(C)C2CCCCCC2)c1. The lowest BCUT2D eigenvalue weighted by Gasteiger charge is -2.29. The van der Waals surface area contributed by atoms with E-state index in [0.717, 1.165) is 5.75 Å². The highest BCUT2D eigenvalue weighted by Crippen LogP contribution is 2.21. The maximum atomic E-state index is 10.3. The molecule has 1 atom stereocenters. The van der Waals surface area contributed by atoms with E-state index in [1.165, 1.54) is 49.7 Å². The molecule has 1 aliphatic carbocycles. The Morgan fingerprint density at radius 3 is 2.27 bits per heavy atom. The number of hydrogen-bond acceptors (Lipinski definition) is 3. The number of rotatable bonds is 6. The van der Waals surface area contributed by atoms with Gasteiger partial charge in [0.15, 0.2) is 0 Å². The number of nitrogens with zero attached hydrogens (tertiary/aromatic N) is 1. The summed E-state index contributed by atoms with van der Waals surface area (Å²) in [5.41, 5.74) is 2.39. The van der Waals surface area contributed by atoms with Crippen LogP contribution in [0, 0.1) is 13.8 Å². The van der Waals surface area contributed by atoms with Crippen molar-refractivity contribution >= 4 is 0 Å². The Kier molecular flexibility index (Phi) is 6.71. The van der Waals surface area contributed by atoms with E-state index in [0.29, 0.717) is 19.2 Å². The summed E-state index contributed by atoms with van der Waals surface area (Å²) in [7, 11) is 2.13. The zero-order valence-electron chi connectivity index (χ0n) is 14.3. The normalized spacial score (nSPS) is 18.2. The second-order valence-electron chi connectivity index (χ2n) is 6.87. The summed E-state index contributed by atoms with van der Waals surface area (Å²) in [5.74, 6) is 0.855. The van der Waals surface area contributed by atoms with Crippen LogP contribution in [-0.4, -0.2) is 42.4 Å². The van der Waals surface area contributed by atoms with E-state index in [1.54, 1.807) is 0 Å². The van der Waals surface area contributed by atoms with Gasteiger partial charge in [0.25, 0.3) is 0 Å². The van der Waals surface area contributed by atoms with Crippen molar-refractivity contribution in [1.29, 1.82) is 0 Å². The molecular formula is C19H31NO2. The first-order valence-electron chi connectivity index (χ1n) is 8.64. The van der Waals surface area contributed by atoms with E-state index in [2.05, 4.69) is 31.9 Å². The van der Waals surface area contributed by atoms with Crippen LogP contribution in [0.4, 0.5) is 0 Å². The Morgan fingerprint density at radius 1 is 1.09 bits per heavy atom. The van der Waals surface area contributed by atoms with Gasteiger partial charge in [-0.15, -0.1) is 0 Å². The molecule has 22 heavy (non-hydrogen) atoms. The van der Waals surface area contributed by atoms with Crippen LogP contribution < -0.4 is 4.74 Å². The van der Waals surface area contributed by atoms with Gasteiger partial charge in [-0.1, -0.05) is 31.7 Å². The minimum atomic E-state index is -0.436. The van der Waals surface area contributed by atoms with Crippen LogP contribution in [0.2, 0.25) is 0 Å². The molecule has 0 amide bonds. The lowest BCUT2D eigenvalue weighted by molar-refractivity contribution is 0.0603. The number of hydrogen-bond donors (Lipinski definition) is 1. The van der Waals surface area contributed by atoms with Gasteiger partial charge in [0.05, 0.1) is 0 Å². The summed E-state index contributed by atoms with van der Waals surface area (Å²) in [5, 5.41) is 10.3. The lowest BCUT2D eigenvalue weighted by Crippen LogP contribution is -2.39. The van der Waals surface area contributed by atoms with Crippen LogP contribution in [0.1, 0.15) is 49.7 Å². The molecule has 1 aromatic rings. The summed E-state index contributed by atoms with van der Waals surface area (Å²) < 4.78 is 5.77. The van der Waals surface area contributed by atoms with E-state index in [-0.39, 0.29) is 0 Å². The molecule has 1 aliphatic rings. The first-order valence-corrected chi connectivity index (χ1v) is 8.64. The summed E-state index contributed by atoms with van der Waals surface area (Å²) in [6.45, 7) is 5.18. The fourth-order valence-electron chi connectivity index (χ4n) is 3.44. The molecule has 0 spiro atoms. The van der Waals surface area contributed by atoms with Crippen LogP contribution in [0.15, 0.2) is 18.2 Å². The first-order chi connectivity index (χ1) is 10.5. The maximum Gasteiger partial charge on any atom is 0.119 e. The Balaban J connectivity index is 1.77. The summed E-state index contributed by atoms with van der Waals surface area (Å²) in [4.78, 5) is 2.32. The molecule has 1 saturated carbocycles. The zero-order chi connectivity index (χ0) is 15.9. The van der Waals surface area contributed by atoms with E-state index >= 15 is 0 Å². The molecule has 1 aromatic carbocycles. The predicted octanol–water partition coefficient (Wildman–Crippen LogP) is 3.70. The molecule has 0 aromatic heterocycles.